The van der Waals surface area contributed by atoms with E-state index >= 15 is 0 Å². The fourth-order valence-electron chi connectivity index (χ4n) is 2.23. The first-order valence-corrected chi connectivity index (χ1v) is 8.57. The number of carbonyl (C=O) groups is 1. The van der Waals surface area contributed by atoms with Crippen molar-refractivity contribution in [3.8, 4) is 17.1 Å². The van der Waals surface area contributed by atoms with Crippen molar-refractivity contribution in [3.05, 3.63) is 41.5 Å². The van der Waals surface area contributed by atoms with Crippen LogP contribution in [0.3, 0.4) is 0 Å². The second-order valence-electron chi connectivity index (χ2n) is 5.15. The zero-order valence-corrected chi connectivity index (χ0v) is 15.1. The normalized spacial score (nSPS) is 11.9. The molecule has 0 aliphatic carbocycles. The van der Waals surface area contributed by atoms with Crippen molar-refractivity contribution < 1.29 is 18.7 Å². The predicted molar refractivity (Wildman–Crippen MR) is 93.4 cm³/mol. The van der Waals surface area contributed by atoms with E-state index in [1.807, 2.05) is 6.92 Å². The van der Waals surface area contributed by atoms with Gasteiger partial charge in [0.15, 0.2) is 0 Å². The highest BCUT2D eigenvalue weighted by Crippen LogP contribution is 2.33. The third-order valence-corrected chi connectivity index (χ3v) is 3.93. The summed E-state index contributed by atoms with van der Waals surface area (Å²) in [7, 11) is 0. The molecule has 0 aliphatic heterocycles. The molecule has 0 fully saturated rings. The average molecular weight is 367 g/mol. The summed E-state index contributed by atoms with van der Waals surface area (Å²) in [4.78, 5) is 21.0. The lowest BCUT2D eigenvalue weighted by Gasteiger charge is -2.16. The Hall–Kier alpha value is -2.21. The lowest BCUT2D eigenvalue weighted by Crippen LogP contribution is -2.15. The SMILES string of the molecule is CCOC(=O)c1nc(C(Cl)CC)c(-c2ccc(F)cc2)nc1OCC. The molecule has 1 atom stereocenters. The molecule has 7 heteroatoms. The molecule has 0 saturated heterocycles. The van der Waals surface area contributed by atoms with Crippen LogP contribution < -0.4 is 4.74 Å². The number of esters is 1. The molecule has 2 rings (SSSR count). The number of ether oxygens (including phenoxy) is 2. The lowest BCUT2D eigenvalue weighted by molar-refractivity contribution is 0.0513. The summed E-state index contributed by atoms with van der Waals surface area (Å²) in [5.41, 5.74) is 1.52. The highest BCUT2D eigenvalue weighted by molar-refractivity contribution is 6.21. The van der Waals surface area contributed by atoms with E-state index in [2.05, 4.69) is 9.97 Å². The van der Waals surface area contributed by atoms with Gasteiger partial charge in [-0.25, -0.2) is 19.2 Å². The number of benzene rings is 1. The summed E-state index contributed by atoms with van der Waals surface area (Å²) in [6.07, 6.45) is 0.584. The maximum absolute atomic E-state index is 13.2. The van der Waals surface area contributed by atoms with E-state index in [0.717, 1.165) is 0 Å². The number of rotatable bonds is 7. The number of halogens is 2. The van der Waals surface area contributed by atoms with Gasteiger partial charge in [0.25, 0.3) is 0 Å². The van der Waals surface area contributed by atoms with Gasteiger partial charge in [0.1, 0.15) is 5.82 Å². The summed E-state index contributed by atoms with van der Waals surface area (Å²) >= 11 is 6.39. The van der Waals surface area contributed by atoms with Crippen LogP contribution in [0.5, 0.6) is 5.88 Å². The first kappa shape index (κ1) is 19.1. The van der Waals surface area contributed by atoms with Crippen molar-refractivity contribution in [2.24, 2.45) is 0 Å². The molecular weight excluding hydrogens is 347 g/mol. The van der Waals surface area contributed by atoms with Gasteiger partial charge in [0, 0.05) is 5.56 Å². The quantitative estimate of drug-likeness (QED) is 0.531. The molecule has 2 aromatic rings. The third kappa shape index (κ3) is 4.45. The number of nitrogens with zero attached hydrogens (tertiary/aromatic N) is 2. The molecule has 0 amide bonds. The molecule has 134 valence electrons. The van der Waals surface area contributed by atoms with Gasteiger partial charge in [-0.15, -0.1) is 11.6 Å². The van der Waals surface area contributed by atoms with Crippen LogP contribution in [-0.4, -0.2) is 29.2 Å². The van der Waals surface area contributed by atoms with Crippen LogP contribution in [0.25, 0.3) is 11.3 Å². The van der Waals surface area contributed by atoms with Gasteiger partial charge in [-0.3, -0.25) is 0 Å². The predicted octanol–water partition coefficient (Wildman–Crippen LogP) is 4.55. The fourth-order valence-corrected chi connectivity index (χ4v) is 2.39. The van der Waals surface area contributed by atoms with Gasteiger partial charge in [-0.05, 0) is 44.5 Å². The smallest absolute Gasteiger partial charge is 0.362 e. The van der Waals surface area contributed by atoms with Crippen molar-refractivity contribution in [1.82, 2.24) is 9.97 Å². The van der Waals surface area contributed by atoms with Gasteiger partial charge in [-0.1, -0.05) is 6.92 Å². The molecule has 0 aliphatic rings. The summed E-state index contributed by atoms with van der Waals surface area (Å²) in [6.45, 7) is 5.89. The molecule has 0 saturated carbocycles. The maximum Gasteiger partial charge on any atom is 0.362 e. The average Bonchev–Trinajstić information content (AvgIpc) is 2.62. The Morgan fingerprint density at radius 3 is 2.40 bits per heavy atom. The Morgan fingerprint density at radius 2 is 1.84 bits per heavy atom. The standard InChI is InChI=1S/C18H20ClFN2O3/c1-4-13(19)15-14(11-7-9-12(20)10-8-11)22-17(24-5-2)16(21-15)18(23)25-6-3/h7-10,13H,4-6H2,1-3H3. The molecular formula is C18H20ClFN2O3. The second-order valence-corrected chi connectivity index (χ2v) is 5.67. The molecule has 1 aromatic carbocycles. The first-order chi connectivity index (χ1) is 12.0. The minimum atomic E-state index is -0.620. The van der Waals surface area contributed by atoms with Crippen LogP contribution in [0.4, 0.5) is 4.39 Å². The lowest BCUT2D eigenvalue weighted by atomic mass is 10.1. The van der Waals surface area contributed by atoms with Crippen molar-refractivity contribution in [2.75, 3.05) is 13.2 Å². The van der Waals surface area contributed by atoms with Crippen molar-refractivity contribution in [1.29, 1.82) is 0 Å². The Morgan fingerprint density at radius 1 is 1.16 bits per heavy atom. The first-order valence-electron chi connectivity index (χ1n) is 8.13. The molecule has 25 heavy (non-hydrogen) atoms. The van der Waals surface area contributed by atoms with E-state index in [9.17, 15) is 9.18 Å². The second kappa shape index (κ2) is 8.76. The van der Waals surface area contributed by atoms with Crippen LogP contribution in [0.15, 0.2) is 24.3 Å². The molecule has 0 N–H and O–H groups in total. The zero-order valence-electron chi connectivity index (χ0n) is 14.4. The molecule has 1 aromatic heterocycles. The molecule has 1 unspecified atom stereocenters. The third-order valence-electron chi connectivity index (χ3n) is 3.41. The van der Waals surface area contributed by atoms with Crippen molar-refractivity contribution in [3.63, 3.8) is 0 Å². The van der Waals surface area contributed by atoms with E-state index < -0.39 is 11.3 Å². The highest BCUT2D eigenvalue weighted by Gasteiger charge is 2.25. The van der Waals surface area contributed by atoms with Gasteiger partial charge in [0.2, 0.25) is 11.6 Å². The molecule has 5 nitrogen and oxygen atoms in total. The van der Waals surface area contributed by atoms with Crippen molar-refractivity contribution in [2.45, 2.75) is 32.6 Å². The molecule has 1 heterocycles. The summed E-state index contributed by atoms with van der Waals surface area (Å²) in [5.74, 6) is -0.904. The maximum atomic E-state index is 13.2. The Labute approximate surface area is 151 Å². The van der Waals surface area contributed by atoms with Crippen LogP contribution in [0.2, 0.25) is 0 Å². The number of hydrogen-bond acceptors (Lipinski definition) is 5. The van der Waals surface area contributed by atoms with E-state index in [1.165, 1.54) is 12.1 Å². The van der Waals surface area contributed by atoms with E-state index in [1.54, 1.807) is 26.0 Å². The monoisotopic (exact) mass is 366 g/mol. The largest absolute Gasteiger partial charge is 0.476 e. The number of hydrogen-bond donors (Lipinski definition) is 0. The van der Waals surface area contributed by atoms with Crippen LogP contribution in [-0.2, 0) is 4.74 Å². The summed E-state index contributed by atoms with van der Waals surface area (Å²) in [6, 6.07) is 5.83. The number of alkyl halides is 1. The van der Waals surface area contributed by atoms with Gasteiger partial charge in [-0.2, -0.15) is 0 Å². The summed E-state index contributed by atoms with van der Waals surface area (Å²) in [5, 5.41) is -0.462. The Bertz CT molecular complexity index is 738. The minimum Gasteiger partial charge on any atom is -0.476 e. The molecule has 0 radical (unpaired) electrons. The Balaban J connectivity index is 2.65. The van der Waals surface area contributed by atoms with Crippen LogP contribution >= 0.6 is 11.6 Å². The van der Waals surface area contributed by atoms with Crippen molar-refractivity contribution >= 4 is 17.6 Å². The molecule has 0 bridgehead atoms. The number of aromatic nitrogens is 2. The van der Waals surface area contributed by atoms with Gasteiger partial charge >= 0.3 is 5.97 Å². The minimum absolute atomic E-state index is 0.0105. The topological polar surface area (TPSA) is 61.3 Å². The van der Waals surface area contributed by atoms with Crippen LogP contribution in [0, 0.1) is 5.82 Å². The fraction of sp³-hybridized carbons (Fsp3) is 0.389. The Kier molecular flexibility index (Phi) is 6.70. The zero-order chi connectivity index (χ0) is 18.4. The van der Waals surface area contributed by atoms with E-state index in [0.29, 0.717) is 30.0 Å². The van der Waals surface area contributed by atoms with E-state index in [4.69, 9.17) is 21.1 Å². The van der Waals surface area contributed by atoms with Crippen LogP contribution in [0.1, 0.15) is 48.8 Å². The highest BCUT2D eigenvalue weighted by atomic mass is 35.5. The number of carbonyl (C=O) groups excluding carboxylic acids is 1. The van der Waals surface area contributed by atoms with Gasteiger partial charge < -0.3 is 9.47 Å². The molecule has 0 spiro atoms. The van der Waals surface area contributed by atoms with Gasteiger partial charge in [0.05, 0.1) is 30.0 Å². The summed E-state index contributed by atoms with van der Waals surface area (Å²) < 4.78 is 23.7. The van der Waals surface area contributed by atoms with E-state index in [-0.39, 0.29) is 24.0 Å².